The molecule has 0 N–H and O–H groups in total. The number of alkyl halides is 3. The van der Waals surface area contributed by atoms with Crippen LogP contribution in [0.25, 0.3) is 0 Å². The number of carbonyl (C=O) groups excluding carboxylic acids is 1. The van der Waals surface area contributed by atoms with Gasteiger partial charge in [-0.1, -0.05) is 12.7 Å². The molecule has 0 radical (unpaired) electrons. The monoisotopic (exact) mass is 182 g/mol. The summed E-state index contributed by atoms with van der Waals surface area (Å²) in [6.07, 6.45) is -4.76. The van der Waals surface area contributed by atoms with Gasteiger partial charge in [-0.05, 0) is 0 Å². The fourth-order valence-corrected chi connectivity index (χ4v) is 0.468. The second-order valence-corrected chi connectivity index (χ2v) is 2.09. The van der Waals surface area contributed by atoms with Crippen LogP contribution >= 0.6 is 0 Å². The molecule has 0 aliphatic heterocycles. The molecule has 2 nitrogen and oxygen atoms in total. The van der Waals surface area contributed by atoms with E-state index >= 15 is 0 Å². The molecular formula is C7H9F3O2. The van der Waals surface area contributed by atoms with Gasteiger partial charge in [0.15, 0.2) is 0 Å². The summed E-state index contributed by atoms with van der Waals surface area (Å²) < 4.78 is 38.9. The maximum Gasteiger partial charge on any atom is 0.389 e. The average molecular weight is 182 g/mol. The molecule has 0 aliphatic rings. The van der Waals surface area contributed by atoms with E-state index in [2.05, 4.69) is 11.3 Å². The lowest BCUT2D eigenvalue weighted by atomic mass is 10.3. The molecule has 70 valence electrons. The molecule has 12 heavy (non-hydrogen) atoms. The van der Waals surface area contributed by atoms with Crippen molar-refractivity contribution in [3.05, 3.63) is 12.7 Å². The van der Waals surface area contributed by atoms with E-state index in [0.717, 1.165) is 0 Å². The molecule has 0 saturated heterocycles. The highest BCUT2D eigenvalue weighted by atomic mass is 19.4. The van der Waals surface area contributed by atoms with E-state index in [-0.39, 0.29) is 6.61 Å². The van der Waals surface area contributed by atoms with Gasteiger partial charge in [0, 0.05) is 0 Å². The van der Waals surface area contributed by atoms with E-state index in [9.17, 15) is 18.0 Å². The third kappa shape index (κ3) is 7.11. The van der Waals surface area contributed by atoms with Gasteiger partial charge >= 0.3 is 12.1 Å². The van der Waals surface area contributed by atoms with Gasteiger partial charge in [0.05, 0.1) is 12.8 Å². The number of esters is 1. The molecule has 5 heteroatoms. The SMILES string of the molecule is C=CCOC(=O)CCC(F)(F)F. The van der Waals surface area contributed by atoms with Gasteiger partial charge in [-0.2, -0.15) is 13.2 Å². The van der Waals surface area contributed by atoms with Crippen molar-refractivity contribution in [3.63, 3.8) is 0 Å². The first kappa shape index (κ1) is 11.0. The summed E-state index contributed by atoms with van der Waals surface area (Å²) in [5, 5.41) is 0. The Morgan fingerprint density at radius 3 is 2.50 bits per heavy atom. The lowest BCUT2D eigenvalue weighted by Crippen LogP contribution is -2.12. The molecule has 0 spiro atoms. The van der Waals surface area contributed by atoms with Crippen molar-refractivity contribution in [3.8, 4) is 0 Å². The molecule has 0 aromatic rings. The summed E-state index contributed by atoms with van der Waals surface area (Å²) in [7, 11) is 0. The van der Waals surface area contributed by atoms with Crippen LogP contribution in [0.4, 0.5) is 13.2 Å². The van der Waals surface area contributed by atoms with Gasteiger partial charge in [0.1, 0.15) is 6.61 Å². The summed E-state index contributed by atoms with van der Waals surface area (Å²) in [4.78, 5) is 10.5. The normalized spacial score (nSPS) is 10.9. The molecule has 0 aromatic heterocycles. The molecule has 0 heterocycles. The predicted octanol–water partition coefficient (Wildman–Crippen LogP) is 2.06. The fraction of sp³-hybridized carbons (Fsp3) is 0.571. The summed E-state index contributed by atoms with van der Waals surface area (Å²) in [5.41, 5.74) is 0. The minimum Gasteiger partial charge on any atom is -0.461 e. The second-order valence-electron chi connectivity index (χ2n) is 2.09. The van der Waals surface area contributed by atoms with E-state index in [1.54, 1.807) is 0 Å². The smallest absolute Gasteiger partial charge is 0.389 e. The highest BCUT2D eigenvalue weighted by Gasteiger charge is 2.28. The molecular weight excluding hydrogens is 173 g/mol. The van der Waals surface area contributed by atoms with Gasteiger partial charge in [0.25, 0.3) is 0 Å². The second kappa shape index (κ2) is 4.79. The third-order valence-corrected chi connectivity index (χ3v) is 0.975. The van der Waals surface area contributed by atoms with Crippen LogP contribution in [0.15, 0.2) is 12.7 Å². The lowest BCUT2D eigenvalue weighted by Gasteiger charge is -2.04. The summed E-state index contributed by atoms with van der Waals surface area (Å²) in [5.74, 6) is -0.854. The minimum absolute atomic E-state index is 0.0449. The molecule has 0 atom stereocenters. The van der Waals surface area contributed by atoms with Gasteiger partial charge in [-0.3, -0.25) is 4.79 Å². The fourth-order valence-electron chi connectivity index (χ4n) is 0.468. The van der Waals surface area contributed by atoms with Crippen molar-refractivity contribution in [2.24, 2.45) is 0 Å². The number of hydrogen-bond donors (Lipinski definition) is 0. The first-order valence-corrected chi connectivity index (χ1v) is 3.29. The van der Waals surface area contributed by atoms with Crippen LogP contribution in [0.2, 0.25) is 0 Å². The Morgan fingerprint density at radius 1 is 1.50 bits per heavy atom. The van der Waals surface area contributed by atoms with Crippen molar-refractivity contribution >= 4 is 5.97 Å². The van der Waals surface area contributed by atoms with E-state index in [1.807, 2.05) is 0 Å². The lowest BCUT2D eigenvalue weighted by molar-refractivity contribution is -0.156. The van der Waals surface area contributed by atoms with Crippen LogP contribution < -0.4 is 0 Å². The Bertz CT molecular complexity index is 163. The zero-order valence-corrected chi connectivity index (χ0v) is 6.36. The number of halogens is 3. The largest absolute Gasteiger partial charge is 0.461 e. The molecule has 0 aromatic carbocycles. The van der Waals surface area contributed by atoms with Crippen molar-refractivity contribution in [2.75, 3.05) is 6.61 Å². The van der Waals surface area contributed by atoms with Crippen molar-refractivity contribution in [1.82, 2.24) is 0 Å². The summed E-state index contributed by atoms with van der Waals surface area (Å²) >= 11 is 0. The first-order valence-electron chi connectivity index (χ1n) is 3.29. The number of carbonyl (C=O) groups is 1. The van der Waals surface area contributed by atoms with E-state index in [1.165, 1.54) is 6.08 Å². The third-order valence-electron chi connectivity index (χ3n) is 0.975. The standard InChI is InChI=1S/C7H9F3O2/c1-2-5-12-6(11)3-4-7(8,9)10/h2H,1,3-5H2. The quantitative estimate of drug-likeness (QED) is 0.491. The van der Waals surface area contributed by atoms with Gasteiger partial charge < -0.3 is 4.74 Å². The maximum absolute atomic E-state index is 11.5. The van der Waals surface area contributed by atoms with E-state index in [4.69, 9.17) is 0 Å². The van der Waals surface area contributed by atoms with Crippen LogP contribution in [-0.2, 0) is 9.53 Å². The summed E-state index contributed by atoms with van der Waals surface area (Å²) in [6, 6.07) is 0. The maximum atomic E-state index is 11.5. The van der Waals surface area contributed by atoms with Gasteiger partial charge in [0.2, 0.25) is 0 Å². The highest BCUT2D eigenvalue weighted by molar-refractivity contribution is 5.69. The van der Waals surface area contributed by atoms with Crippen LogP contribution in [0.5, 0.6) is 0 Å². The predicted molar refractivity (Wildman–Crippen MR) is 36.4 cm³/mol. The molecule has 0 unspecified atom stereocenters. The van der Waals surface area contributed by atoms with Gasteiger partial charge in [-0.25, -0.2) is 0 Å². The molecule has 0 amide bonds. The Kier molecular flexibility index (Phi) is 4.39. The Labute approximate surface area is 68.0 Å². The number of rotatable bonds is 4. The van der Waals surface area contributed by atoms with Crippen LogP contribution in [-0.4, -0.2) is 18.8 Å². The Hall–Kier alpha value is -1.00. The topological polar surface area (TPSA) is 26.3 Å². The highest BCUT2D eigenvalue weighted by Crippen LogP contribution is 2.21. The molecule has 0 fully saturated rings. The summed E-state index contributed by atoms with van der Waals surface area (Å²) in [6.45, 7) is 3.20. The Morgan fingerprint density at radius 2 is 2.08 bits per heavy atom. The molecule has 0 bridgehead atoms. The molecule has 0 rings (SSSR count). The van der Waals surface area contributed by atoms with Crippen LogP contribution in [0.1, 0.15) is 12.8 Å². The zero-order chi connectivity index (χ0) is 9.61. The Balaban J connectivity index is 3.51. The minimum atomic E-state index is -4.30. The van der Waals surface area contributed by atoms with Crippen LogP contribution in [0, 0.1) is 0 Å². The molecule has 0 aliphatic carbocycles. The van der Waals surface area contributed by atoms with Crippen LogP contribution in [0.3, 0.4) is 0 Å². The number of hydrogen-bond acceptors (Lipinski definition) is 2. The van der Waals surface area contributed by atoms with Crippen molar-refractivity contribution in [1.29, 1.82) is 0 Å². The van der Waals surface area contributed by atoms with E-state index < -0.39 is 25.0 Å². The first-order chi connectivity index (χ1) is 5.45. The zero-order valence-electron chi connectivity index (χ0n) is 6.36. The number of ether oxygens (including phenoxy) is 1. The van der Waals surface area contributed by atoms with Gasteiger partial charge in [-0.15, -0.1) is 0 Å². The van der Waals surface area contributed by atoms with Crippen molar-refractivity contribution < 1.29 is 22.7 Å². The molecule has 0 saturated carbocycles. The van der Waals surface area contributed by atoms with E-state index in [0.29, 0.717) is 0 Å². The van der Waals surface area contributed by atoms with Crippen molar-refractivity contribution in [2.45, 2.75) is 19.0 Å². The average Bonchev–Trinajstić information content (AvgIpc) is 1.95.